The van der Waals surface area contributed by atoms with Crippen molar-refractivity contribution in [3.8, 4) is 0 Å². The van der Waals surface area contributed by atoms with Gasteiger partial charge in [0.25, 0.3) is 5.91 Å². The number of furan rings is 1. The second-order valence-electron chi connectivity index (χ2n) is 6.04. The number of amides is 1. The fraction of sp³-hybridized carbons (Fsp3) is 0.500. The van der Waals surface area contributed by atoms with E-state index >= 15 is 0 Å². The van der Waals surface area contributed by atoms with Crippen molar-refractivity contribution in [2.75, 3.05) is 0 Å². The van der Waals surface area contributed by atoms with E-state index in [4.69, 9.17) is 4.42 Å². The molecule has 0 aliphatic carbocycles. The zero-order valence-electron chi connectivity index (χ0n) is 15.1. The number of hydrogen-bond acceptors (Lipinski definition) is 4. The topological polar surface area (TPSA) is 72.4 Å². The highest BCUT2D eigenvalue weighted by molar-refractivity contribution is 5.96. The maximum atomic E-state index is 12.1. The molecule has 6 heteroatoms. The first-order valence-electron chi connectivity index (χ1n) is 8.38. The molecule has 2 heterocycles. The third-order valence-electron chi connectivity index (χ3n) is 4.06. The summed E-state index contributed by atoms with van der Waals surface area (Å²) in [6.45, 7) is 10.7. The third-order valence-corrected chi connectivity index (χ3v) is 4.06. The molecule has 1 amide bonds. The van der Waals surface area contributed by atoms with E-state index in [9.17, 15) is 4.79 Å². The molecule has 0 aliphatic rings. The molecule has 0 radical (unpaired) electrons. The van der Waals surface area contributed by atoms with Gasteiger partial charge in [-0.25, -0.2) is 5.43 Å². The Morgan fingerprint density at radius 1 is 1.33 bits per heavy atom. The van der Waals surface area contributed by atoms with Gasteiger partial charge in [0, 0.05) is 17.8 Å². The van der Waals surface area contributed by atoms with Crippen molar-refractivity contribution in [3.63, 3.8) is 0 Å². The molecule has 0 atom stereocenters. The lowest BCUT2D eigenvalue weighted by Crippen LogP contribution is -2.17. The Hall–Kier alpha value is -2.37. The van der Waals surface area contributed by atoms with Gasteiger partial charge in [0.1, 0.15) is 11.5 Å². The van der Waals surface area contributed by atoms with E-state index in [1.165, 1.54) is 12.8 Å². The first-order chi connectivity index (χ1) is 11.4. The molecule has 24 heavy (non-hydrogen) atoms. The van der Waals surface area contributed by atoms with Crippen molar-refractivity contribution in [2.45, 2.75) is 60.4 Å². The van der Waals surface area contributed by atoms with Gasteiger partial charge in [0.2, 0.25) is 0 Å². The summed E-state index contributed by atoms with van der Waals surface area (Å²) >= 11 is 0. The number of rotatable bonds is 7. The predicted molar refractivity (Wildman–Crippen MR) is 94.5 cm³/mol. The monoisotopic (exact) mass is 330 g/mol. The van der Waals surface area contributed by atoms with E-state index in [0.717, 1.165) is 29.9 Å². The average Bonchev–Trinajstić information content (AvgIpc) is 3.00. The van der Waals surface area contributed by atoms with Gasteiger partial charge in [-0.15, -0.1) is 0 Å². The van der Waals surface area contributed by atoms with Crippen LogP contribution in [0.25, 0.3) is 0 Å². The molecular formula is C18H26N4O2. The van der Waals surface area contributed by atoms with Crippen LogP contribution in [0.2, 0.25) is 0 Å². The van der Waals surface area contributed by atoms with Crippen molar-refractivity contribution in [2.24, 2.45) is 5.10 Å². The highest BCUT2D eigenvalue weighted by Gasteiger charge is 2.13. The number of hydrazone groups is 1. The van der Waals surface area contributed by atoms with Crippen LogP contribution in [0.4, 0.5) is 0 Å². The second kappa shape index (κ2) is 7.95. The number of hydrogen-bond donors (Lipinski definition) is 1. The van der Waals surface area contributed by atoms with Crippen molar-refractivity contribution < 1.29 is 9.21 Å². The van der Waals surface area contributed by atoms with Crippen LogP contribution in [0.3, 0.4) is 0 Å². The minimum Gasteiger partial charge on any atom is -0.466 e. The lowest BCUT2D eigenvalue weighted by Gasteiger charge is -2.03. The van der Waals surface area contributed by atoms with Crippen LogP contribution >= 0.6 is 0 Å². The molecule has 0 saturated heterocycles. The minimum absolute atomic E-state index is 0.272. The van der Waals surface area contributed by atoms with Crippen LogP contribution in [0, 0.1) is 27.7 Å². The number of carbonyl (C=O) groups excluding carboxylic acids is 1. The van der Waals surface area contributed by atoms with Crippen molar-refractivity contribution in [3.05, 3.63) is 40.1 Å². The molecule has 0 aromatic carbocycles. The van der Waals surface area contributed by atoms with Gasteiger partial charge in [-0.3, -0.25) is 9.48 Å². The van der Waals surface area contributed by atoms with Crippen LogP contribution in [-0.4, -0.2) is 21.9 Å². The summed E-state index contributed by atoms with van der Waals surface area (Å²) in [4.78, 5) is 12.1. The Labute approximate surface area is 142 Å². The van der Waals surface area contributed by atoms with Crippen LogP contribution in [0.15, 0.2) is 15.6 Å². The average molecular weight is 330 g/mol. The summed E-state index contributed by atoms with van der Waals surface area (Å²) in [5, 5.41) is 8.63. The standard InChI is InChI=1S/C18H26N4O2/c1-6-7-8-9-22-14(4)17(13(3)21-22)11-19-20-18(23)16-10-12(2)24-15(16)5/h10-11H,6-9H2,1-5H3,(H,20,23)/b19-11+. The Bertz CT molecular complexity index is 741. The molecule has 0 aliphatic heterocycles. The van der Waals surface area contributed by atoms with Crippen LogP contribution in [0.5, 0.6) is 0 Å². The lowest BCUT2D eigenvalue weighted by atomic mass is 10.2. The van der Waals surface area contributed by atoms with Gasteiger partial charge in [0.05, 0.1) is 17.5 Å². The first-order valence-corrected chi connectivity index (χ1v) is 8.38. The number of aryl methyl sites for hydroxylation is 4. The van der Waals surface area contributed by atoms with E-state index in [1.54, 1.807) is 19.2 Å². The van der Waals surface area contributed by atoms with Gasteiger partial charge in [-0.1, -0.05) is 19.8 Å². The zero-order valence-corrected chi connectivity index (χ0v) is 15.1. The van der Waals surface area contributed by atoms with Crippen LogP contribution in [-0.2, 0) is 6.54 Å². The molecule has 1 N–H and O–H groups in total. The Kier molecular flexibility index (Phi) is 5.95. The van der Waals surface area contributed by atoms with E-state index in [0.29, 0.717) is 17.1 Å². The van der Waals surface area contributed by atoms with Gasteiger partial charge in [-0.2, -0.15) is 10.2 Å². The summed E-state index contributed by atoms with van der Waals surface area (Å²) in [6, 6.07) is 1.71. The summed E-state index contributed by atoms with van der Waals surface area (Å²) in [7, 11) is 0. The largest absolute Gasteiger partial charge is 0.466 e. The van der Waals surface area contributed by atoms with E-state index in [1.807, 2.05) is 25.5 Å². The third kappa shape index (κ3) is 4.13. The maximum Gasteiger partial charge on any atom is 0.274 e. The Balaban J connectivity index is 2.04. The molecule has 0 saturated carbocycles. The van der Waals surface area contributed by atoms with E-state index < -0.39 is 0 Å². The highest BCUT2D eigenvalue weighted by Crippen LogP contribution is 2.14. The predicted octanol–water partition coefficient (Wildman–Crippen LogP) is 3.66. The molecule has 0 bridgehead atoms. The van der Waals surface area contributed by atoms with Gasteiger partial charge < -0.3 is 4.42 Å². The molecule has 2 aromatic rings. The fourth-order valence-corrected chi connectivity index (χ4v) is 2.70. The SMILES string of the molecule is CCCCCn1nc(C)c(/C=N/NC(=O)c2cc(C)oc2C)c1C. The van der Waals surface area contributed by atoms with Gasteiger partial charge in [-0.05, 0) is 40.2 Å². The Morgan fingerprint density at radius 2 is 2.08 bits per heavy atom. The van der Waals surface area contributed by atoms with Crippen molar-refractivity contribution >= 4 is 12.1 Å². The summed E-state index contributed by atoms with van der Waals surface area (Å²) in [5.74, 6) is 1.03. The number of unbranched alkanes of at least 4 members (excludes halogenated alkanes) is 2. The maximum absolute atomic E-state index is 12.1. The molecule has 2 rings (SSSR count). The van der Waals surface area contributed by atoms with E-state index in [-0.39, 0.29) is 5.91 Å². The number of aromatic nitrogens is 2. The molecule has 2 aromatic heterocycles. The molecular weight excluding hydrogens is 304 g/mol. The fourth-order valence-electron chi connectivity index (χ4n) is 2.70. The van der Waals surface area contributed by atoms with E-state index in [2.05, 4.69) is 22.5 Å². The number of carbonyl (C=O) groups is 1. The Morgan fingerprint density at radius 3 is 2.71 bits per heavy atom. The van der Waals surface area contributed by atoms with Crippen molar-refractivity contribution in [1.82, 2.24) is 15.2 Å². The van der Waals surface area contributed by atoms with Gasteiger partial charge >= 0.3 is 0 Å². The zero-order chi connectivity index (χ0) is 17.7. The summed E-state index contributed by atoms with van der Waals surface area (Å²) in [6.07, 6.45) is 5.16. The quantitative estimate of drug-likeness (QED) is 0.478. The number of nitrogens with one attached hydrogen (secondary N) is 1. The van der Waals surface area contributed by atoms with Crippen LogP contribution < -0.4 is 5.43 Å². The summed E-state index contributed by atoms with van der Waals surface area (Å²) in [5.41, 5.74) is 5.99. The summed E-state index contributed by atoms with van der Waals surface area (Å²) < 4.78 is 7.37. The normalized spacial score (nSPS) is 11.4. The molecule has 0 fully saturated rings. The first kappa shape index (κ1) is 18.0. The van der Waals surface area contributed by atoms with Crippen molar-refractivity contribution in [1.29, 1.82) is 0 Å². The number of nitrogens with zero attached hydrogens (tertiary/aromatic N) is 3. The molecule has 6 nitrogen and oxygen atoms in total. The van der Waals surface area contributed by atoms with Gasteiger partial charge in [0.15, 0.2) is 0 Å². The second-order valence-corrected chi connectivity index (χ2v) is 6.04. The smallest absolute Gasteiger partial charge is 0.274 e. The highest BCUT2D eigenvalue weighted by atomic mass is 16.3. The van der Waals surface area contributed by atoms with Crippen LogP contribution in [0.1, 0.15) is 65.0 Å². The lowest BCUT2D eigenvalue weighted by molar-refractivity contribution is 0.0953. The molecule has 0 spiro atoms. The molecule has 0 unspecified atom stereocenters. The molecule has 130 valence electrons. The minimum atomic E-state index is -0.272.